The zero-order chi connectivity index (χ0) is 13.0. The first-order valence-corrected chi connectivity index (χ1v) is 6.94. The molecule has 3 heteroatoms. The van der Waals surface area contributed by atoms with E-state index >= 15 is 0 Å². The molecule has 0 radical (unpaired) electrons. The SMILES string of the molecule is Cc1ccccc1SC(c1cccnc1)C(C)N. The molecule has 2 aromatic rings. The molecule has 0 aliphatic carbocycles. The molecule has 94 valence electrons. The Hall–Kier alpha value is -1.32. The summed E-state index contributed by atoms with van der Waals surface area (Å²) in [6, 6.07) is 12.5. The second kappa shape index (κ2) is 6.03. The van der Waals surface area contributed by atoms with Crippen LogP contribution < -0.4 is 5.73 Å². The number of rotatable bonds is 4. The first kappa shape index (κ1) is 13.1. The summed E-state index contributed by atoms with van der Waals surface area (Å²) in [6.45, 7) is 4.17. The highest BCUT2D eigenvalue weighted by Gasteiger charge is 2.18. The summed E-state index contributed by atoms with van der Waals surface area (Å²) in [5, 5.41) is 0.236. The number of pyridine rings is 1. The lowest BCUT2D eigenvalue weighted by Gasteiger charge is -2.21. The van der Waals surface area contributed by atoms with Gasteiger partial charge in [-0.2, -0.15) is 0 Å². The van der Waals surface area contributed by atoms with Crippen LogP contribution in [0, 0.1) is 6.92 Å². The maximum absolute atomic E-state index is 6.12. The van der Waals surface area contributed by atoms with E-state index in [0.717, 1.165) is 0 Å². The van der Waals surface area contributed by atoms with Crippen molar-refractivity contribution >= 4 is 11.8 Å². The second-order valence-electron chi connectivity index (χ2n) is 4.45. The van der Waals surface area contributed by atoms with Crippen molar-refractivity contribution in [3.8, 4) is 0 Å². The standard InChI is InChI=1S/C15H18N2S/c1-11-6-3-4-8-14(11)18-15(12(2)16)13-7-5-9-17-10-13/h3-10,12,15H,16H2,1-2H3. The number of benzene rings is 1. The molecule has 0 saturated carbocycles. The molecule has 0 saturated heterocycles. The van der Waals surface area contributed by atoms with Crippen LogP contribution in [0.1, 0.15) is 23.3 Å². The van der Waals surface area contributed by atoms with E-state index in [-0.39, 0.29) is 11.3 Å². The van der Waals surface area contributed by atoms with Crippen molar-refractivity contribution in [2.24, 2.45) is 5.73 Å². The number of thioether (sulfide) groups is 1. The van der Waals surface area contributed by atoms with Crippen LogP contribution in [0.4, 0.5) is 0 Å². The second-order valence-corrected chi connectivity index (χ2v) is 5.63. The Morgan fingerprint density at radius 3 is 2.56 bits per heavy atom. The lowest BCUT2D eigenvalue weighted by atomic mass is 10.1. The molecule has 1 aromatic heterocycles. The lowest BCUT2D eigenvalue weighted by molar-refractivity contribution is 0.719. The highest BCUT2D eigenvalue weighted by atomic mass is 32.2. The fourth-order valence-corrected chi connectivity index (χ4v) is 3.02. The summed E-state index contributed by atoms with van der Waals surface area (Å²) >= 11 is 1.81. The Morgan fingerprint density at radius 1 is 1.17 bits per heavy atom. The third-order valence-corrected chi connectivity index (χ3v) is 4.51. The first-order valence-electron chi connectivity index (χ1n) is 6.06. The molecule has 2 N–H and O–H groups in total. The molecule has 0 fully saturated rings. The van der Waals surface area contributed by atoms with Gasteiger partial charge in [0.2, 0.25) is 0 Å². The third-order valence-electron chi connectivity index (χ3n) is 2.84. The van der Waals surface area contributed by atoms with Gasteiger partial charge in [0.1, 0.15) is 0 Å². The van der Waals surface area contributed by atoms with Crippen LogP contribution in [-0.4, -0.2) is 11.0 Å². The van der Waals surface area contributed by atoms with Crippen molar-refractivity contribution in [1.29, 1.82) is 0 Å². The maximum Gasteiger partial charge on any atom is 0.0508 e. The van der Waals surface area contributed by atoms with E-state index in [0.29, 0.717) is 0 Å². The average Bonchev–Trinajstić information content (AvgIpc) is 2.38. The van der Waals surface area contributed by atoms with Crippen LogP contribution >= 0.6 is 11.8 Å². The minimum atomic E-state index is 0.0822. The van der Waals surface area contributed by atoms with Gasteiger partial charge in [0, 0.05) is 23.3 Å². The Bertz CT molecular complexity index is 497. The van der Waals surface area contributed by atoms with Gasteiger partial charge < -0.3 is 5.73 Å². The van der Waals surface area contributed by atoms with Gasteiger partial charge in [-0.3, -0.25) is 4.98 Å². The number of nitrogens with zero attached hydrogens (tertiary/aromatic N) is 1. The Labute approximate surface area is 113 Å². The molecule has 2 unspecified atom stereocenters. The summed E-state index contributed by atoms with van der Waals surface area (Å²) in [6.07, 6.45) is 3.69. The van der Waals surface area contributed by atoms with Crippen molar-refractivity contribution < 1.29 is 0 Å². The molecular weight excluding hydrogens is 240 g/mol. The van der Waals surface area contributed by atoms with Crippen molar-refractivity contribution in [2.45, 2.75) is 30.0 Å². The van der Waals surface area contributed by atoms with Crippen LogP contribution in [0.15, 0.2) is 53.7 Å². The number of aryl methyl sites for hydroxylation is 1. The zero-order valence-corrected chi connectivity index (χ0v) is 11.5. The molecule has 2 rings (SSSR count). The van der Waals surface area contributed by atoms with Gasteiger partial charge >= 0.3 is 0 Å². The van der Waals surface area contributed by atoms with Gasteiger partial charge in [0.25, 0.3) is 0 Å². The molecule has 2 atom stereocenters. The molecule has 0 bridgehead atoms. The fraction of sp³-hybridized carbons (Fsp3) is 0.267. The molecule has 1 heterocycles. The normalized spacial score (nSPS) is 14.2. The van der Waals surface area contributed by atoms with E-state index in [1.165, 1.54) is 16.0 Å². The monoisotopic (exact) mass is 258 g/mol. The Balaban J connectivity index is 2.26. The van der Waals surface area contributed by atoms with Crippen molar-refractivity contribution in [2.75, 3.05) is 0 Å². The number of aromatic nitrogens is 1. The van der Waals surface area contributed by atoms with Gasteiger partial charge in [0.15, 0.2) is 0 Å². The van der Waals surface area contributed by atoms with E-state index in [1.807, 2.05) is 30.9 Å². The zero-order valence-electron chi connectivity index (χ0n) is 10.7. The summed E-state index contributed by atoms with van der Waals surface area (Å²) in [4.78, 5) is 5.46. The summed E-state index contributed by atoms with van der Waals surface area (Å²) in [5.41, 5.74) is 8.59. The minimum Gasteiger partial charge on any atom is -0.327 e. The van der Waals surface area contributed by atoms with E-state index in [1.54, 1.807) is 6.20 Å². The molecule has 1 aromatic carbocycles. The summed E-state index contributed by atoms with van der Waals surface area (Å²) in [7, 11) is 0. The molecular formula is C15H18N2S. The Kier molecular flexibility index (Phi) is 4.39. The average molecular weight is 258 g/mol. The minimum absolute atomic E-state index is 0.0822. The third kappa shape index (κ3) is 3.12. The topological polar surface area (TPSA) is 38.9 Å². The fourth-order valence-electron chi connectivity index (χ4n) is 1.85. The van der Waals surface area contributed by atoms with E-state index in [2.05, 4.69) is 42.2 Å². The van der Waals surface area contributed by atoms with Gasteiger partial charge in [0.05, 0.1) is 5.25 Å². The highest BCUT2D eigenvalue weighted by Crippen LogP contribution is 2.38. The molecule has 0 aliphatic rings. The van der Waals surface area contributed by atoms with Crippen LogP contribution in [-0.2, 0) is 0 Å². The highest BCUT2D eigenvalue weighted by molar-refractivity contribution is 7.99. The van der Waals surface area contributed by atoms with Crippen molar-refractivity contribution in [1.82, 2.24) is 4.98 Å². The molecule has 2 nitrogen and oxygen atoms in total. The molecule has 18 heavy (non-hydrogen) atoms. The largest absolute Gasteiger partial charge is 0.327 e. The number of hydrogen-bond acceptors (Lipinski definition) is 3. The molecule has 0 spiro atoms. The first-order chi connectivity index (χ1) is 8.68. The van der Waals surface area contributed by atoms with Crippen molar-refractivity contribution in [3.05, 3.63) is 59.9 Å². The molecule has 0 amide bonds. The van der Waals surface area contributed by atoms with E-state index in [9.17, 15) is 0 Å². The van der Waals surface area contributed by atoms with Crippen LogP contribution in [0.25, 0.3) is 0 Å². The predicted octanol–water partition coefficient (Wildman–Crippen LogP) is 3.57. The van der Waals surface area contributed by atoms with Gasteiger partial charge in [-0.25, -0.2) is 0 Å². The van der Waals surface area contributed by atoms with Crippen LogP contribution in [0.2, 0.25) is 0 Å². The van der Waals surface area contributed by atoms with Gasteiger partial charge in [-0.15, -0.1) is 11.8 Å². The van der Waals surface area contributed by atoms with E-state index < -0.39 is 0 Å². The van der Waals surface area contributed by atoms with Crippen LogP contribution in [0.5, 0.6) is 0 Å². The molecule has 0 aliphatic heterocycles. The summed E-state index contributed by atoms with van der Waals surface area (Å²) in [5.74, 6) is 0. The lowest BCUT2D eigenvalue weighted by Crippen LogP contribution is -2.22. The van der Waals surface area contributed by atoms with E-state index in [4.69, 9.17) is 5.73 Å². The van der Waals surface area contributed by atoms with Gasteiger partial charge in [-0.05, 0) is 37.1 Å². The van der Waals surface area contributed by atoms with Crippen molar-refractivity contribution in [3.63, 3.8) is 0 Å². The smallest absolute Gasteiger partial charge is 0.0508 e. The van der Waals surface area contributed by atoms with Gasteiger partial charge in [-0.1, -0.05) is 24.3 Å². The van der Waals surface area contributed by atoms with Crippen LogP contribution in [0.3, 0.4) is 0 Å². The number of hydrogen-bond donors (Lipinski definition) is 1. The maximum atomic E-state index is 6.12. The summed E-state index contributed by atoms with van der Waals surface area (Å²) < 4.78 is 0. The predicted molar refractivity (Wildman–Crippen MR) is 77.7 cm³/mol. The number of nitrogens with two attached hydrogens (primary N) is 1. The Morgan fingerprint density at radius 2 is 1.94 bits per heavy atom. The quantitative estimate of drug-likeness (QED) is 0.852.